The lowest BCUT2D eigenvalue weighted by Gasteiger charge is -2.20. The summed E-state index contributed by atoms with van der Waals surface area (Å²) in [4.78, 5) is 11.8. The summed E-state index contributed by atoms with van der Waals surface area (Å²) in [6, 6.07) is 20.6. The summed E-state index contributed by atoms with van der Waals surface area (Å²) < 4.78 is 1.10. The van der Waals surface area contributed by atoms with Gasteiger partial charge in [-0.05, 0) is 29.8 Å². The van der Waals surface area contributed by atoms with E-state index in [4.69, 9.17) is 17.2 Å². The first-order valence-electron chi connectivity index (χ1n) is 8.32. The maximum Gasteiger partial charge on any atom is 0.124 e. The number of benzene rings is 2. The Labute approximate surface area is 162 Å². The van der Waals surface area contributed by atoms with E-state index in [0.717, 1.165) is 37.9 Å². The number of anilines is 1. The Bertz CT molecular complexity index is 1020. The van der Waals surface area contributed by atoms with Crippen molar-refractivity contribution in [2.45, 2.75) is 6.42 Å². The Morgan fingerprint density at radius 2 is 1.92 bits per heavy atom. The molecule has 0 spiro atoms. The topological polar surface area (TPSA) is 29.0 Å². The molecule has 0 atom stereocenters. The Hall–Kier alpha value is -2.63. The number of hydrogen-bond donors (Lipinski definition) is 0. The zero-order valence-electron chi connectivity index (χ0n) is 14.3. The number of pyridine rings is 1. The number of hydrogen-bond acceptors (Lipinski definition) is 4. The minimum Gasteiger partial charge on any atom is -0.339 e. The van der Waals surface area contributed by atoms with E-state index in [-0.39, 0.29) is 0 Å². The average Bonchev–Trinajstić information content (AvgIpc) is 3.12. The van der Waals surface area contributed by atoms with Crippen molar-refractivity contribution >= 4 is 44.4 Å². The standard InChI is InChI=1S/C21H17N3S2/c1-24(17-8-3-2-4-9-17)20(25)13-15-6-5-7-16(12-15)21-23-18-10-11-22-14-19(18)26-21/h2-12,14H,13H2,1H3. The molecule has 0 N–H and O–H groups in total. The van der Waals surface area contributed by atoms with Crippen molar-refractivity contribution in [3.63, 3.8) is 0 Å². The molecule has 0 bridgehead atoms. The molecule has 0 fully saturated rings. The minimum absolute atomic E-state index is 0.723. The summed E-state index contributed by atoms with van der Waals surface area (Å²) in [6.07, 6.45) is 4.37. The molecule has 0 saturated carbocycles. The lowest BCUT2D eigenvalue weighted by Crippen LogP contribution is -2.25. The summed E-state index contributed by atoms with van der Waals surface area (Å²) >= 11 is 7.32. The molecule has 0 aliphatic carbocycles. The van der Waals surface area contributed by atoms with Crippen LogP contribution in [0.15, 0.2) is 73.1 Å². The number of thiazole rings is 1. The number of thiocarbonyl (C=S) groups is 1. The van der Waals surface area contributed by atoms with Crippen LogP contribution in [0.1, 0.15) is 5.56 Å². The molecule has 0 aliphatic heterocycles. The second-order valence-electron chi connectivity index (χ2n) is 6.03. The van der Waals surface area contributed by atoms with Gasteiger partial charge in [-0.15, -0.1) is 11.3 Å². The van der Waals surface area contributed by atoms with Gasteiger partial charge in [0, 0.05) is 37.1 Å². The summed E-state index contributed by atoms with van der Waals surface area (Å²) in [5.74, 6) is 0. The van der Waals surface area contributed by atoms with Crippen LogP contribution >= 0.6 is 23.6 Å². The van der Waals surface area contributed by atoms with Crippen LogP contribution in [0.2, 0.25) is 0 Å². The number of likely N-dealkylation sites (N-methyl/N-ethyl adjacent to an activating group) is 1. The molecule has 128 valence electrons. The highest BCUT2D eigenvalue weighted by Crippen LogP contribution is 2.30. The minimum atomic E-state index is 0.723. The van der Waals surface area contributed by atoms with E-state index >= 15 is 0 Å². The highest BCUT2D eigenvalue weighted by Gasteiger charge is 2.10. The lowest BCUT2D eigenvalue weighted by atomic mass is 10.1. The van der Waals surface area contributed by atoms with Gasteiger partial charge in [-0.2, -0.15) is 0 Å². The molecule has 4 rings (SSSR count). The largest absolute Gasteiger partial charge is 0.339 e. The molecule has 2 aromatic heterocycles. The smallest absolute Gasteiger partial charge is 0.124 e. The van der Waals surface area contributed by atoms with Crippen molar-refractivity contribution in [1.29, 1.82) is 0 Å². The maximum absolute atomic E-state index is 5.66. The zero-order chi connectivity index (χ0) is 17.9. The van der Waals surface area contributed by atoms with E-state index < -0.39 is 0 Å². The summed E-state index contributed by atoms with van der Waals surface area (Å²) in [7, 11) is 2.02. The molecular weight excluding hydrogens is 358 g/mol. The van der Waals surface area contributed by atoms with Gasteiger partial charge in [0.1, 0.15) is 5.01 Å². The Kier molecular flexibility index (Phi) is 4.73. The Morgan fingerprint density at radius 1 is 1.08 bits per heavy atom. The van der Waals surface area contributed by atoms with Gasteiger partial charge < -0.3 is 4.90 Å². The van der Waals surface area contributed by atoms with E-state index in [0.29, 0.717) is 0 Å². The first kappa shape index (κ1) is 16.8. The fraction of sp³-hybridized carbons (Fsp3) is 0.0952. The number of nitrogens with zero attached hydrogens (tertiary/aromatic N) is 3. The molecule has 0 aliphatic rings. The first-order chi connectivity index (χ1) is 12.7. The predicted molar refractivity (Wildman–Crippen MR) is 114 cm³/mol. The van der Waals surface area contributed by atoms with E-state index in [1.54, 1.807) is 17.5 Å². The normalized spacial score (nSPS) is 10.8. The van der Waals surface area contributed by atoms with Gasteiger partial charge >= 0.3 is 0 Å². The second kappa shape index (κ2) is 7.32. The van der Waals surface area contributed by atoms with Crippen LogP contribution in [0.5, 0.6) is 0 Å². The second-order valence-corrected chi connectivity index (χ2v) is 7.53. The highest BCUT2D eigenvalue weighted by atomic mass is 32.1. The molecule has 4 aromatic rings. The number of rotatable bonds is 4. The van der Waals surface area contributed by atoms with Crippen molar-refractivity contribution in [2.75, 3.05) is 11.9 Å². The quantitative estimate of drug-likeness (QED) is 0.449. The van der Waals surface area contributed by atoms with E-state index in [9.17, 15) is 0 Å². The van der Waals surface area contributed by atoms with E-state index in [1.807, 2.05) is 37.5 Å². The Morgan fingerprint density at radius 3 is 2.73 bits per heavy atom. The molecule has 0 unspecified atom stereocenters. The predicted octanol–water partition coefficient (Wildman–Crippen LogP) is 5.36. The fourth-order valence-corrected chi connectivity index (χ4v) is 4.01. The van der Waals surface area contributed by atoms with Crippen LogP contribution in [0.25, 0.3) is 20.8 Å². The van der Waals surface area contributed by atoms with Gasteiger partial charge in [0.2, 0.25) is 0 Å². The fourth-order valence-electron chi connectivity index (χ4n) is 2.81. The molecule has 0 radical (unpaired) electrons. The van der Waals surface area contributed by atoms with Gasteiger partial charge in [-0.1, -0.05) is 48.6 Å². The van der Waals surface area contributed by atoms with Gasteiger partial charge in [-0.25, -0.2) is 4.98 Å². The first-order valence-corrected chi connectivity index (χ1v) is 9.54. The van der Waals surface area contributed by atoms with Crippen LogP contribution in [0.3, 0.4) is 0 Å². The van der Waals surface area contributed by atoms with Gasteiger partial charge in [0.05, 0.1) is 15.2 Å². The maximum atomic E-state index is 5.66. The third kappa shape index (κ3) is 3.49. The number of fused-ring (bicyclic) bond motifs is 1. The van der Waals surface area contributed by atoms with Crippen LogP contribution in [0, 0.1) is 0 Å². The molecule has 5 heteroatoms. The third-order valence-electron chi connectivity index (χ3n) is 4.24. The molecule has 3 nitrogen and oxygen atoms in total. The van der Waals surface area contributed by atoms with Crippen LogP contribution in [-0.4, -0.2) is 22.0 Å². The molecular formula is C21H17N3S2. The number of aromatic nitrogens is 2. The highest BCUT2D eigenvalue weighted by molar-refractivity contribution is 7.80. The van der Waals surface area contributed by atoms with Crippen molar-refractivity contribution in [2.24, 2.45) is 0 Å². The monoisotopic (exact) mass is 375 g/mol. The van der Waals surface area contributed by atoms with E-state index in [2.05, 4.69) is 46.3 Å². The SMILES string of the molecule is CN(C(=S)Cc1cccc(-c2nc3ccncc3s2)c1)c1ccccc1. The lowest BCUT2D eigenvalue weighted by molar-refractivity contribution is 1.21. The molecule has 2 aromatic carbocycles. The van der Waals surface area contributed by atoms with E-state index in [1.165, 1.54) is 5.56 Å². The van der Waals surface area contributed by atoms with Crippen molar-refractivity contribution < 1.29 is 0 Å². The zero-order valence-corrected chi connectivity index (χ0v) is 15.9. The van der Waals surface area contributed by atoms with Gasteiger partial charge in [0.15, 0.2) is 0 Å². The van der Waals surface area contributed by atoms with Crippen molar-refractivity contribution in [3.8, 4) is 10.6 Å². The molecule has 0 amide bonds. The molecule has 2 heterocycles. The summed E-state index contributed by atoms with van der Waals surface area (Å²) in [5.41, 5.74) is 4.40. The molecule has 0 saturated heterocycles. The van der Waals surface area contributed by atoms with Gasteiger partial charge in [0.25, 0.3) is 0 Å². The van der Waals surface area contributed by atoms with Crippen LogP contribution in [-0.2, 0) is 6.42 Å². The van der Waals surface area contributed by atoms with Gasteiger partial charge in [-0.3, -0.25) is 4.98 Å². The van der Waals surface area contributed by atoms with Crippen molar-refractivity contribution in [1.82, 2.24) is 9.97 Å². The molecule has 26 heavy (non-hydrogen) atoms. The number of para-hydroxylation sites is 1. The van der Waals surface area contributed by atoms with Crippen LogP contribution in [0.4, 0.5) is 5.69 Å². The average molecular weight is 376 g/mol. The summed E-state index contributed by atoms with van der Waals surface area (Å²) in [5, 5.41) is 1.01. The van der Waals surface area contributed by atoms with Crippen LogP contribution < -0.4 is 4.90 Å². The summed E-state index contributed by atoms with van der Waals surface area (Å²) in [6.45, 7) is 0. The Balaban J connectivity index is 1.57. The third-order valence-corrected chi connectivity index (χ3v) is 5.71. The van der Waals surface area contributed by atoms with Crippen molar-refractivity contribution in [3.05, 3.63) is 78.6 Å².